The molecule has 3 heteroatoms. The Morgan fingerprint density at radius 2 is 2.07 bits per heavy atom. The molecular formula is C12H16FNO. The predicted molar refractivity (Wildman–Crippen MR) is 57.2 cm³/mol. The molecule has 1 heterocycles. The normalized spacial score (nSPS) is 27.9. The van der Waals surface area contributed by atoms with Crippen molar-refractivity contribution < 1.29 is 9.50 Å². The van der Waals surface area contributed by atoms with Gasteiger partial charge in [-0.3, -0.25) is 4.90 Å². The van der Waals surface area contributed by atoms with Crippen LogP contribution in [0.3, 0.4) is 0 Å². The van der Waals surface area contributed by atoms with Gasteiger partial charge in [-0.1, -0.05) is 30.3 Å². The number of piperidine rings is 1. The Labute approximate surface area is 89.3 Å². The summed E-state index contributed by atoms with van der Waals surface area (Å²) in [5.74, 6) is 0. The number of aliphatic hydroxyl groups is 1. The lowest BCUT2D eigenvalue weighted by atomic mass is 10.1. The zero-order chi connectivity index (χ0) is 10.7. The summed E-state index contributed by atoms with van der Waals surface area (Å²) in [6.45, 7) is 1.97. The minimum absolute atomic E-state index is 0.438. The molecule has 1 aromatic rings. The minimum atomic E-state index is -1.04. The van der Waals surface area contributed by atoms with Gasteiger partial charge >= 0.3 is 0 Å². The Bertz CT molecular complexity index is 304. The Morgan fingerprint density at radius 1 is 1.33 bits per heavy atom. The first-order valence-electron chi connectivity index (χ1n) is 5.34. The first-order valence-corrected chi connectivity index (χ1v) is 5.34. The fourth-order valence-corrected chi connectivity index (χ4v) is 1.95. The van der Waals surface area contributed by atoms with E-state index in [0.29, 0.717) is 13.0 Å². The molecule has 1 N–H and O–H groups in total. The second kappa shape index (κ2) is 4.73. The Balaban J connectivity index is 1.91. The molecule has 0 spiro atoms. The molecule has 15 heavy (non-hydrogen) atoms. The van der Waals surface area contributed by atoms with Gasteiger partial charge in [0, 0.05) is 19.6 Å². The van der Waals surface area contributed by atoms with Crippen molar-refractivity contribution in [2.24, 2.45) is 0 Å². The number of hydrogen-bond donors (Lipinski definition) is 1. The number of alkyl halides is 1. The molecule has 0 aliphatic carbocycles. The van der Waals surface area contributed by atoms with Crippen molar-refractivity contribution in [2.45, 2.75) is 25.2 Å². The molecule has 0 amide bonds. The number of likely N-dealkylation sites (tertiary alicyclic amines) is 1. The zero-order valence-corrected chi connectivity index (χ0v) is 8.64. The molecule has 1 aliphatic rings. The van der Waals surface area contributed by atoms with Crippen LogP contribution in [0.5, 0.6) is 0 Å². The summed E-state index contributed by atoms with van der Waals surface area (Å²) in [6.07, 6.45) is -1.42. The van der Waals surface area contributed by atoms with E-state index in [0.717, 1.165) is 13.1 Å². The standard InChI is InChI=1S/C12H16FNO/c13-11-6-7-14(9-12(11)15)8-10-4-2-1-3-5-10/h1-5,11-12,15H,6-9H2/t11-,12-/m0/s1. The van der Waals surface area contributed by atoms with Crippen molar-refractivity contribution >= 4 is 0 Å². The molecular weight excluding hydrogens is 193 g/mol. The summed E-state index contributed by atoms with van der Waals surface area (Å²) in [5.41, 5.74) is 1.21. The topological polar surface area (TPSA) is 23.5 Å². The Hall–Kier alpha value is -0.930. The third-order valence-electron chi connectivity index (χ3n) is 2.83. The van der Waals surface area contributed by atoms with Crippen LogP contribution in [0.4, 0.5) is 4.39 Å². The summed E-state index contributed by atoms with van der Waals surface area (Å²) in [4.78, 5) is 2.09. The van der Waals surface area contributed by atoms with Gasteiger partial charge in [0.15, 0.2) is 0 Å². The molecule has 2 nitrogen and oxygen atoms in total. The van der Waals surface area contributed by atoms with E-state index in [1.807, 2.05) is 30.3 Å². The van der Waals surface area contributed by atoms with Gasteiger partial charge in [0.25, 0.3) is 0 Å². The maximum Gasteiger partial charge on any atom is 0.128 e. The molecule has 1 saturated heterocycles. The number of hydrogen-bond acceptors (Lipinski definition) is 2. The van der Waals surface area contributed by atoms with Crippen LogP contribution < -0.4 is 0 Å². The van der Waals surface area contributed by atoms with Crippen molar-refractivity contribution in [3.63, 3.8) is 0 Å². The molecule has 0 aromatic heterocycles. The average molecular weight is 209 g/mol. The van der Waals surface area contributed by atoms with Crippen LogP contribution in [0.15, 0.2) is 30.3 Å². The van der Waals surface area contributed by atoms with Gasteiger partial charge in [-0.05, 0) is 12.0 Å². The molecule has 0 radical (unpaired) electrons. The maximum absolute atomic E-state index is 13.0. The van der Waals surface area contributed by atoms with Gasteiger partial charge in [-0.15, -0.1) is 0 Å². The lowest BCUT2D eigenvalue weighted by molar-refractivity contribution is 0.000903. The number of nitrogens with zero attached hydrogens (tertiary/aromatic N) is 1. The minimum Gasteiger partial charge on any atom is -0.389 e. The molecule has 2 rings (SSSR count). The third kappa shape index (κ3) is 2.76. The number of β-amino-alcohol motifs (C(OH)–C–C–N with tert-alkyl or cyclic N) is 1. The fourth-order valence-electron chi connectivity index (χ4n) is 1.95. The van der Waals surface area contributed by atoms with Crippen molar-refractivity contribution in [2.75, 3.05) is 13.1 Å². The Morgan fingerprint density at radius 3 is 2.73 bits per heavy atom. The van der Waals surface area contributed by atoms with E-state index in [4.69, 9.17) is 0 Å². The SMILES string of the molecule is O[C@H]1CN(Cc2ccccc2)CC[C@@H]1F. The first-order chi connectivity index (χ1) is 7.25. The highest BCUT2D eigenvalue weighted by molar-refractivity contribution is 5.14. The van der Waals surface area contributed by atoms with Crippen LogP contribution in [0.2, 0.25) is 0 Å². The monoisotopic (exact) mass is 209 g/mol. The van der Waals surface area contributed by atoms with E-state index in [1.54, 1.807) is 0 Å². The van der Waals surface area contributed by atoms with Gasteiger partial charge < -0.3 is 5.11 Å². The summed E-state index contributed by atoms with van der Waals surface area (Å²) in [7, 11) is 0. The van der Waals surface area contributed by atoms with Crippen LogP contribution in [-0.4, -0.2) is 35.4 Å². The second-order valence-corrected chi connectivity index (χ2v) is 4.09. The predicted octanol–water partition coefficient (Wildman–Crippen LogP) is 1.59. The van der Waals surface area contributed by atoms with Gasteiger partial charge in [0.2, 0.25) is 0 Å². The summed E-state index contributed by atoms with van der Waals surface area (Å²) in [5, 5.41) is 9.41. The molecule has 0 unspecified atom stereocenters. The van der Waals surface area contributed by atoms with Crippen molar-refractivity contribution in [3.05, 3.63) is 35.9 Å². The van der Waals surface area contributed by atoms with Crippen LogP contribution in [-0.2, 0) is 6.54 Å². The maximum atomic E-state index is 13.0. The molecule has 0 bridgehead atoms. The number of benzene rings is 1. The zero-order valence-electron chi connectivity index (χ0n) is 8.64. The fraction of sp³-hybridized carbons (Fsp3) is 0.500. The van der Waals surface area contributed by atoms with E-state index >= 15 is 0 Å². The molecule has 1 fully saturated rings. The number of rotatable bonds is 2. The third-order valence-corrected chi connectivity index (χ3v) is 2.83. The molecule has 2 atom stereocenters. The molecule has 82 valence electrons. The van der Waals surface area contributed by atoms with Crippen molar-refractivity contribution in [1.29, 1.82) is 0 Å². The lowest BCUT2D eigenvalue weighted by Gasteiger charge is -2.32. The Kier molecular flexibility index (Phi) is 3.34. The van der Waals surface area contributed by atoms with Gasteiger partial charge in [-0.25, -0.2) is 4.39 Å². The quantitative estimate of drug-likeness (QED) is 0.799. The van der Waals surface area contributed by atoms with Crippen LogP contribution in [0.1, 0.15) is 12.0 Å². The van der Waals surface area contributed by atoms with E-state index in [1.165, 1.54) is 5.56 Å². The van der Waals surface area contributed by atoms with E-state index < -0.39 is 12.3 Å². The lowest BCUT2D eigenvalue weighted by Crippen LogP contribution is -2.44. The average Bonchev–Trinajstić information content (AvgIpc) is 2.25. The second-order valence-electron chi connectivity index (χ2n) is 4.09. The number of aliphatic hydroxyl groups excluding tert-OH is 1. The molecule has 1 aliphatic heterocycles. The summed E-state index contributed by atoms with van der Waals surface area (Å²) < 4.78 is 13.0. The largest absolute Gasteiger partial charge is 0.389 e. The van der Waals surface area contributed by atoms with Crippen LogP contribution >= 0.6 is 0 Å². The van der Waals surface area contributed by atoms with Crippen LogP contribution in [0, 0.1) is 0 Å². The van der Waals surface area contributed by atoms with Gasteiger partial charge in [-0.2, -0.15) is 0 Å². The summed E-state index contributed by atoms with van der Waals surface area (Å²) in [6, 6.07) is 10.1. The molecule has 0 saturated carbocycles. The van der Waals surface area contributed by atoms with Gasteiger partial charge in [0.1, 0.15) is 6.17 Å². The van der Waals surface area contributed by atoms with E-state index in [2.05, 4.69) is 4.90 Å². The summed E-state index contributed by atoms with van der Waals surface area (Å²) >= 11 is 0. The van der Waals surface area contributed by atoms with E-state index in [-0.39, 0.29) is 0 Å². The highest BCUT2D eigenvalue weighted by Gasteiger charge is 2.26. The molecule has 1 aromatic carbocycles. The smallest absolute Gasteiger partial charge is 0.128 e. The highest BCUT2D eigenvalue weighted by atomic mass is 19.1. The first kappa shape index (κ1) is 10.6. The van der Waals surface area contributed by atoms with Crippen LogP contribution in [0.25, 0.3) is 0 Å². The van der Waals surface area contributed by atoms with Gasteiger partial charge in [0.05, 0.1) is 6.10 Å². The van der Waals surface area contributed by atoms with Crippen molar-refractivity contribution in [1.82, 2.24) is 4.90 Å². The highest BCUT2D eigenvalue weighted by Crippen LogP contribution is 2.16. The van der Waals surface area contributed by atoms with E-state index in [9.17, 15) is 9.50 Å². The number of halogens is 1. The van der Waals surface area contributed by atoms with Crippen molar-refractivity contribution in [3.8, 4) is 0 Å².